The van der Waals surface area contributed by atoms with Gasteiger partial charge >= 0.3 is 5.97 Å². The van der Waals surface area contributed by atoms with E-state index in [9.17, 15) is 14.7 Å². The summed E-state index contributed by atoms with van der Waals surface area (Å²) in [4.78, 5) is 24.0. The van der Waals surface area contributed by atoms with Gasteiger partial charge in [0.15, 0.2) is 18.1 Å². The van der Waals surface area contributed by atoms with Crippen LogP contribution in [0.5, 0.6) is 23.0 Å². The van der Waals surface area contributed by atoms with Crippen molar-refractivity contribution in [2.75, 3.05) is 27.9 Å². The van der Waals surface area contributed by atoms with Gasteiger partial charge in [-0.25, -0.2) is 4.79 Å². The lowest BCUT2D eigenvalue weighted by molar-refractivity contribution is -0.124. The first-order valence-electron chi connectivity index (χ1n) is 8.10. The van der Waals surface area contributed by atoms with E-state index in [0.717, 1.165) is 0 Å². The molecule has 2 aromatic rings. The van der Waals surface area contributed by atoms with Gasteiger partial charge in [-0.15, -0.1) is 0 Å². The lowest BCUT2D eigenvalue weighted by Crippen LogP contribution is -2.28. The van der Waals surface area contributed by atoms with Gasteiger partial charge in [-0.05, 0) is 24.3 Å². The molecule has 0 aliphatic carbocycles. The zero-order chi connectivity index (χ0) is 20.7. The third-order valence-electron chi connectivity index (χ3n) is 3.78. The number of benzene rings is 2. The molecular weight excluding hydrogens is 390 g/mol. The molecule has 150 valence electrons. The maximum absolute atomic E-state index is 12.0. The number of ether oxygens (including phenoxy) is 4. The number of carbonyl (C=O) groups excluding carboxylic acids is 2. The average molecular weight is 410 g/mol. The molecule has 8 nitrogen and oxygen atoms in total. The van der Waals surface area contributed by atoms with Crippen molar-refractivity contribution in [3.05, 3.63) is 46.5 Å². The van der Waals surface area contributed by atoms with E-state index in [0.29, 0.717) is 22.8 Å². The molecule has 0 heterocycles. The van der Waals surface area contributed by atoms with Crippen molar-refractivity contribution >= 4 is 23.5 Å². The highest BCUT2D eigenvalue weighted by Gasteiger charge is 2.16. The molecule has 0 saturated carbocycles. The third kappa shape index (κ3) is 5.20. The summed E-state index contributed by atoms with van der Waals surface area (Å²) >= 11 is 5.71. The fraction of sp³-hybridized carbons (Fsp3) is 0.263. The highest BCUT2D eigenvalue weighted by atomic mass is 35.5. The number of phenols is 1. The summed E-state index contributed by atoms with van der Waals surface area (Å²) in [5.41, 5.74) is 0.564. The molecular formula is C19H20ClNO7. The molecule has 0 fully saturated rings. The van der Waals surface area contributed by atoms with Crippen molar-refractivity contribution in [2.24, 2.45) is 0 Å². The van der Waals surface area contributed by atoms with Crippen LogP contribution >= 0.6 is 11.6 Å². The fourth-order valence-electron chi connectivity index (χ4n) is 2.36. The van der Waals surface area contributed by atoms with E-state index >= 15 is 0 Å². The lowest BCUT2D eigenvalue weighted by Gasteiger charge is -2.14. The molecule has 28 heavy (non-hydrogen) atoms. The van der Waals surface area contributed by atoms with Crippen LogP contribution in [0.2, 0.25) is 5.02 Å². The van der Waals surface area contributed by atoms with Crippen LogP contribution in [-0.2, 0) is 16.1 Å². The number of halogens is 1. The molecule has 9 heteroatoms. The van der Waals surface area contributed by atoms with Gasteiger partial charge in [0.25, 0.3) is 5.91 Å². The zero-order valence-electron chi connectivity index (χ0n) is 15.6. The van der Waals surface area contributed by atoms with Gasteiger partial charge in [0.1, 0.15) is 17.1 Å². The number of hydrogen-bond acceptors (Lipinski definition) is 7. The highest BCUT2D eigenvalue weighted by Crippen LogP contribution is 2.34. The average Bonchev–Trinajstić information content (AvgIpc) is 2.69. The molecule has 2 N–H and O–H groups in total. The Labute approximate surface area is 166 Å². The Bertz CT molecular complexity index is 870. The third-order valence-corrected chi connectivity index (χ3v) is 4.01. The lowest BCUT2D eigenvalue weighted by atomic mass is 10.1. The number of aromatic hydroxyl groups is 1. The number of amides is 1. The standard InChI is InChI=1S/C19H20ClNO7/c1-25-15-8-17(27-3)16(26-2)6-11(15)9-21-18(23)10-28-19(24)13-5-4-12(20)7-14(13)22/h4-8,22H,9-10H2,1-3H3,(H,21,23). The first-order valence-corrected chi connectivity index (χ1v) is 8.48. The molecule has 0 spiro atoms. The second-order valence-corrected chi connectivity index (χ2v) is 5.97. The Hall–Kier alpha value is -3.13. The minimum absolute atomic E-state index is 0.0845. The molecule has 1 amide bonds. The predicted molar refractivity (Wildman–Crippen MR) is 101 cm³/mol. The molecule has 2 rings (SSSR count). The van der Waals surface area contributed by atoms with Crippen molar-refractivity contribution in [1.82, 2.24) is 5.32 Å². The Morgan fingerprint density at radius 3 is 2.25 bits per heavy atom. The normalized spacial score (nSPS) is 10.1. The van der Waals surface area contributed by atoms with E-state index in [1.165, 1.54) is 39.5 Å². The first-order chi connectivity index (χ1) is 13.4. The molecule has 0 radical (unpaired) electrons. The van der Waals surface area contributed by atoms with Gasteiger partial charge in [-0.1, -0.05) is 11.6 Å². The van der Waals surface area contributed by atoms with Crippen molar-refractivity contribution in [3.8, 4) is 23.0 Å². The van der Waals surface area contributed by atoms with Gasteiger partial charge in [0, 0.05) is 23.2 Å². The van der Waals surface area contributed by atoms with E-state index in [2.05, 4.69) is 5.32 Å². The number of esters is 1. The van der Waals surface area contributed by atoms with E-state index in [1.54, 1.807) is 12.1 Å². The summed E-state index contributed by atoms with van der Waals surface area (Å²) in [5.74, 6) is -0.219. The Kier molecular flexibility index (Phi) is 7.34. The maximum atomic E-state index is 12.0. The molecule has 0 bridgehead atoms. The van der Waals surface area contributed by atoms with E-state index in [1.807, 2.05) is 0 Å². The second kappa shape index (κ2) is 9.70. The predicted octanol–water partition coefficient (Wildman–Crippen LogP) is 2.54. The number of rotatable bonds is 8. The molecule has 2 aromatic carbocycles. The van der Waals surface area contributed by atoms with Crippen LogP contribution in [0.1, 0.15) is 15.9 Å². The van der Waals surface area contributed by atoms with Crippen LogP contribution in [0.25, 0.3) is 0 Å². The number of hydrogen-bond donors (Lipinski definition) is 2. The summed E-state index contributed by atoms with van der Waals surface area (Å²) in [6.45, 7) is -0.400. The monoisotopic (exact) mass is 409 g/mol. The molecule has 0 aliphatic rings. The van der Waals surface area contributed by atoms with Gasteiger partial charge in [-0.3, -0.25) is 4.79 Å². The summed E-state index contributed by atoms with van der Waals surface area (Å²) in [5, 5.41) is 12.6. The highest BCUT2D eigenvalue weighted by molar-refractivity contribution is 6.30. The smallest absolute Gasteiger partial charge is 0.342 e. The van der Waals surface area contributed by atoms with Gasteiger partial charge in [0.2, 0.25) is 0 Å². The first kappa shape index (κ1) is 21.2. The topological polar surface area (TPSA) is 103 Å². The minimum Gasteiger partial charge on any atom is -0.507 e. The SMILES string of the molecule is COc1cc(OC)c(OC)cc1CNC(=O)COC(=O)c1ccc(Cl)cc1O. The zero-order valence-corrected chi connectivity index (χ0v) is 16.3. The quantitative estimate of drug-likeness (QED) is 0.646. The summed E-state index contributed by atoms with van der Waals surface area (Å²) in [6.07, 6.45) is 0. The van der Waals surface area contributed by atoms with Crippen LogP contribution in [0.3, 0.4) is 0 Å². The summed E-state index contributed by atoms with van der Waals surface area (Å²) in [7, 11) is 4.50. The summed E-state index contributed by atoms with van der Waals surface area (Å²) < 4.78 is 20.6. The number of phenolic OH excluding ortho intramolecular Hbond substituents is 1. The number of nitrogens with one attached hydrogen (secondary N) is 1. The second-order valence-electron chi connectivity index (χ2n) is 5.53. The van der Waals surface area contributed by atoms with Crippen LogP contribution in [-0.4, -0.2) is 44.9 Å². The number of carbonyl (C=O) groups is 2. The molecule has 0 aliphatic heterocycles. The Morgan fingerprint density at radius 2 is 1.64 bits per heavy atom. The molecule has 0 unspecified atom stereocenters. The van der Waals surface area contributed by atoms with Crippen molar-refractivity contribution < 1.29 is 33.6 Å². The van der Waals surface area contributed by atoms with Crippen molar-refractivity contribution in [3.63, 3.8) is 0 Å². The molecule has 0 saturated heterocycles. The fourth-order valence-corrected chi connectivity index (χ4v) is 2.53. The van der Waals surface area contributed by atoms with Crippen LogP contribution in [0, 0.1) is 0 Å². The number of methoxy groups -OCH3 is 3. The maximum Gasteiger partial charge on any atom is 0.342 e. The van der Waals surface area contributed by atoms with Crippen LogP contribution in [0.4, 0.5) is 0 Å². The van der Waals surface area contributed by atoms with Crippen molar-refractivity contribution in [2.45, 2.75) is 6.54 Å². The summed E-state index contributed by atoms with van der Waals surface area (Å²) in [6, 6.07) is 7.27. The Balaban J connectivity index is 1.96. The Morgan fingerprint density at radius 1 is 1.00 bits per heavy atom. The van der Waals surface area contributed by atoms with E-state index < -0.39 is 18.5 Å². The van der Waals surface area contributed by atoms with Crippen molar-refractivity contribution in [1.29, 1.82) is 0 Å². The van der Waals surface area contributed by atoms with Gasteiger partial charge in [-0.2, -0.15) is 0 Å². The van der Waals surface area contributed by atoms with E-state index in [4.69, 9.17) is 30.5 Å². The largest absolute Gasteiger partial charge is 0.507 e. The minimum atomic E-state index is -0.840. The van der Waals surface area contributed by atoms with Crippen LogP contribution in [0.15, 0.2) is 30.3 Å². The van der Waals surface area contributed by atoms with Gasteiger partial charge < -0.3 is 29.4 Å². The van der Waals surface area contributed by atoms with E-state index in [-0.39, 0.29) is 22.9 Å². The molecule has 0 aromatic heterocycles. The van der Waals surface area contributed by atoms with Gasteiger partial charge in [0.05, 0.1) is 21.3 Å². The molecule has 0 atom stereocenters. The van der Waals surface area contributed by atoms with Crippen LogP contribution < -0.4 is 19.5 Å².